The predicted molar refractivity (Wildman–Crippen MR) is 90.8 cm³/mol. The number of nitrogens with one attached hydrogen (secondary N) is 2. The standard InChI is InChI=1S/C18H12FN5O/c19-13-4-2-6-15(10-13)21-17-8-7-16(23-24-17)18(25)22-14-5-1-3-12(9-14)11-20/h1-10H,(H,21,24)(H,22,25). The van der Waals surface area contributed by atoms with E-state index in [1.807, 2.05) is 6.07 Å². The summed E-state index contributed by atoms with van der Waals surface area (Å²) >= 11 is 0. The Kier molecular flexibility index (Phi) is 4.62. The van der Waals surface area contributed by atoms with E-state index in [1.54, 1.807) is 42.5 Å². The van der Waals surface area contributed by atoms with E-state index in [2.05, 4.69) is 20.8 Å². The Morgan fingerprint density at radius 1 is 1.00 bits per heavy atom. The molecule has 1 amide bonds. The van der Waals surface area contributed by atoms with Crippen LogP contribution in [-0.2, 0) is 0 Å². The second-order valence-electron chi connectivity index (χ2n) is 5.09. The molecule has 0 unspecified atom stereocenters. The number of halogens is 1. The lowest BCUT2D eigenvalue weighted by Crippen LogP contribution is -2.14. The topological polar surface area (TPSA) is 90.7 Å². The van der Waals surface area contributed by atoms with Gasteiger partial charge in [-0.25, -0.2) is 4.39 Å². The Bertz CT molecular complexity index is 950. The number of carbonyl (C=O) groups is 1. The maximum atomic E-state index is 13.2. The molecule has 0 radical (unpaired) electrons. The van der Waals surface area contributed by atoms with Gasteiger partial charge in [0.1, 0.15) is 5.82 Å². The summed E-state index contributed by atoms with van der Waals surface area (Å²) in [6, 6.07) is 17.5. The minimum atomic E-state index is -0.445. The summed E-state index contributed by atoms with van der Waals surface area (Å²) < 4.78 is 13.2. The molecule has 1 heterocycles. The van der Waals surface area contributed by atoms with Crippen molar-refractivity contribution in [3.05, 3.63) is 77.7 Å². The molecule has 25 heavy (non-hydrogen) atoms. The van der Waals surface area contributed by atoms with Gasteiger partial charge < -0.3 is 10.6 Å². The van der Waals surface area contributed by atoms with Crippen molar-refractivity contribution in [2.75, 3.05) is 10.6 Å². The quantitative estimate of drug-likeness (QED) is 0.763. The van der Waals surface area contributed by atoms with E-state index >= 15 is 0 Å². The highest BCUT2D eigenvalue weighted by Gasteiger charge is 2.09. The van der Waals surface area contributed by atoms with Crippen LogP contribution >= 0.6 is 0 Å². The molecular weight excluding hydrogens is 321 g/mol. The molecule has 0 aliphatic rings. The minimum Gasteiger partial charge on any atom is -0.339 e. The molecule has 0 bridgehead atoms. The zero-order valence-electron chi connectivity index (χ0n) is 12.9. The molecule has 122 valence electrons. The summed E-state index contributed by atoms with van der Waals surface area (Å²) in [6.07, 6.45) is 0. The van der Waals surface area contributed by atoms with E-state index in [1.165, 1.54) is 18.2 Å². The number of hydrogen-bond donors (Lipinski definition) is 2. The van der Waals surface area contributed by atoms with Crippen molar-refractivity contribution < 1.29 is 9.18 Å². The number of hydrogen-bond acceptors (Lipinski definition) is 5. The molecule has 0 spiro atoms. The van der Waals surface area contributed by atoms with Crippen molar-refractivity contribution in [1.82, 2.24) is 10.2 Å². The average molecular weight is 333 g/mol. The van der Waals surface area contributed by atoms with E-state index in [0.717, 1.165) is 0 Å². The first kappa shape index (κ1) is 16.1. The van der Waals surface area contributed by atoms with Crippen LogP contribution in [0.25, 0.3) is 0 Å². The predicted octanol–water partition coefficient (Wildman–Crippen LogP) is 3.48. The minimum absolute atomic E-state index is 0.118. The molecular formula is C18H12FN5O. The summed E-state index contributed by atoms with van der Waals surface area (Å²) in [5.41, 5.74) is 1.58. The Morgan fingerprint density at radius 3 is 2.52 bits per heavy atom. The van der Waals surface area contributed by atoms with E-state index in [9.17, 15) is 9.18 Å². The van der Waals surface area contributed by atoms with Crippen molar-refractivity contribution in [1.29, 1.82) is 5.26 Å². The molecule has 6 nitrogen and oxygen atoms in total. The van der Waals surface area contributed by atoms with Crippen molar-refractivity contribution in [3.8, 4) is 6.07 Å². The van der Waals surface area contributed by atoms with Crippen molar-refractivity contribution >= 4 is 23.1 Å². The fourth-order valence-corrected chi connectivity index (χ4v) is 2.10. The van der Waals surface area contributed by atoms with Crippen molar-refractivity contribution in [2.24, 2.45) is 0 Å². The molecule has 0 aliphatic heterocycles. The normalized spacial score (nSPS) is 9.92. The number of nitriles is 1. The van der Waals surface area contributed by atoms with Crippen LogP contribution in [0.4, 0.5) is 21.6 Å². The van der Waals surface area contributed by atoms with E-state index in [4.69, 9.17) is 5.26 Å². The second kappa shape index (κ2) is 7.19. The molecule has 1 aromatic heterocycles. The zero-order chi connectivity index (χ0) is 17.6. The fourth-order valence-electron chi connectivity index (χ4n) is 2.10. The van der Waals surface area contributed by atoms with Crippen LogP contribution in [0.1, 0.15) is 16.1 Å². The summed E-state index contributed by atoms with van der Waals surface area (Å²) in [5.74, 6) is -0.429. The summed E-state index contributed by atoms with van der Waals surface area (Å²) in [5, 5.41) is 22.2. The van der Waals surface area contributed by atoms with Gasteiger partial charge in [-0.15, -0.1) is 10.2 Å². The van der Waals surface area contributed by atoms with Crippen LogP contribution in [0.3, 0.4) is 0 Å². The lowest BCUT2D eigenvalue weighted by atomic mass is 10.2. The highest BCUT2D eigenvalue weighted by Crippen LogP contribution is 2.15. The SMILES string of the molecule is N#Cc1cccc(NC(=O)c2ccc(Nc3cccc(F)c3)nn2)c1. The zero-order valence-corrected chi connectivity index (χ0v) is 12.9. The number of nitrogens with zero attached hydrogens (tertiary/aromatic N) is 3. The smallest absolute Gasteiger partial charge is 0.276 e. The fraction of sp³-hybridized carbons (Fsp3) is 0. The number of aromatic nitrogens is 2. The maximum Gasteiger partial charge on any atom is 0.276 e. The van der Waals surface area contributed by atoms with Crippen LogP contribution < -0.4 is 10.6 Å². The molecule has 2 aromatic carbocycles. The molecule has 0 atom stereocenters. The van der Waals surface area contributed by atoms with E-state index in [0.29, 0.717) is 22.8 Å². The third-order valence-electron chi connectivity index (χ3n) is 3.24. The number of carbonyl (C=O) groups excluding carboxylic acids is 1. The summed E-state index contributed by atoms with van der Waals surface area (Å²) in [7, 11) is 0. The first-order valence-corrected chi connectivity index (χ1v) is 7.32. The Morgan fingerprint density at radius 2 is 1.80 bits per heavy atom. The Hall–Kier alpha value is -3.79. The molecule has 2 N–H and O–H groups in total. The second-order valence-corrected chi connectivity index (χ2v) is 5.09. The molecule has 7 heteroatoms. The first-order valence-electron chi connectivity index (χ1n) is 7.32. The van der Waals surface area contributed by atoms with Crippen LogP contribution in [0.15, 0.2) is 60.7 Å². The average Bonchev–Trinajstić information content (AvgIpc) is 2.62. The van der Waals surface area contributed by atoms with Gasteiger partial charge in [0.2, 0.25) is 0 Å². The Balaban J connectivity index is 1.69. The van der Waals surface area contributed by atoms with Gasteiger partial charge in [-0.3, -0.25) is 4.79 Å². The van der Waals surface area contributed by atoms with Crippen molar-refractivity contribution in [3.63, 3.8) is 0 Å². The number of benzene rings is 2. The van der Waals surface area contributed by atoms with E-state index < -0.39 is 5.91 Å². The Labute approximate surface area is 143 Å². The number of rotatable bonds is 4. The molecule has 0 saturated heterocycles. The third-order valence-corrected chi connectivity index (χ3v) is 3.24. The highest BCUT2D eigenvalue weighted by molar-refractivity contribution is 6.02. The molecule has 3 rings (SSSR count). The summed E-state index contributed by atoms with van der Waals surface area (Å²) in [4.78, 5) is 12.2. The largest absolute Gasteiger partial charge is 0.339 e. The van der Waals surface area contributed by atoms with Crippen LogP contribution in [0, 0.1) is 17.1 Å². The maximum absolute atomic E-state index is 13.2. The van der Waals surface area contributed by atoms with Gasteiger partial charge in [0, 0.05) is 11.4 Å². The number of anilines is 3. The molecule has 3 aromatic rings. The lowest BCUT2D eigenvalue weighted by molar-refractivity contribution is 0.102. The molecule has 0 saturated carbocycles. The third kappa shape index (κ3) is 4.14. The molecule has 0 fully saturated rings. The number of amides is 1. The van der Waals surface area contributed by atoms with Gasteiger partial charge in [-0.1, -0.05) is 12.1 Å². The van der Waals surface area contributed by atoms with Crippen molar-refractivity contribution in [2.45, 2.75) is 0 Å². The van der Waals surface area contributed by atoms with Gasteiger partial charge >= 0.3 is 0 Å². The van der Waals surface area contributed by atoms with E-state index in [-0.39, 0.29) is 11.5 Å². The summed E-state index contributed by atoms with van der Waals surface area (Å²) in [6.45, 7) is 0. The highest BCUT2D eigenvalue weighted by atomic mass is 19.1. The van der Waals surface area contributed by atoms with Gasteiger partial charge in [-0.2, -0.15) is 5.26 Å². The molecule has 0 aliphatic carbocycles. The lowest BCUT2D eigenvalue weighted by Gasteiger charge is -2.07. The van der Waals surface area contributed by atoms with Gasteiger partial charge in [-0.05, 0) is 48.5 Å². The first-order chi connectivity index (χ1) is 12.1. The van der Waals surface area contributed by atoms with Gasteiger partial charge in [0.15, 0.2) is 11.5 Å². The van der Waals surface area contributed by atoms with Gasteiger partial charge in [0.25, 0.3) is 5.91 Å². The van der Waals surface area contributed by atoms with Crippen LogP contribution in [0.5, 0.6) is 0 Å². The van der Waals surface area contributed by atoms with Gasteiger partial charge in [0.05, 0.1) is 11.6 Å². The van der Waals surface area contributed by atoms with Crippen LogP contribution in [-0.4, -0.2) is 16.1 Å². The monoisotopic (exact) mass is 333 g/mol. The van der Waals surface area contributed by atoms with Crippen LogP contribution in [0.2, 0.25) is 0 Å².